The summed E-state index contributed by atoms with van der Waals surface area (Å²) in [5.74, 6) is 1.42. The lowest BCUT2D eigenvalue weighted by molar-refractivity contribution is 0.0232. The highest BCUT2D eigenvalue weighted by atomic mass is 16.5. The molecule has 0 bridgehead atoms. The molecule has 0 saturated carbocycles. The van der Waals surface area contributed by atoms with Gasteiger partial charge < -0.3 is 14.8 Å². The minimum atomic E-state index is 0.243. The van der Waals surface area contributed by atoms with Gasteiger partial charge in [-0.15, -0.1) is 0 Å². The molecule has 0 radical (unpaired) electrons. The molecule has 1 aromatic rings. The van der Waals surface area contributed by atoms with E-state index in [4.69, 9.17) is 9.47 Å². The van der Waals surface area contributed by atoms with Crippen molar-refractivity contribution in [2.24, 2.45) is 5.92 Å². The van der Waals surface area contributed by atoms with Crippen molar-refractivity contribution in [1.29, 1.82) is 0 Å². The summed E-state index contributed by atoms with van der Waals surface area (Å²) >= 11 is 0. The van der Waals surface area contributed by atoms with E-state index in [2.05, 4.69) is 30.2 Å². The van der Waals surface area contributed by atoms with Gasteiger partial charge in [-0.2, -0.15) is 0 Å². The summed E-state index contributed by atoms with van der Waals surface area (Å²) in [5.41, 5.74) is 1.13. The maximum atomic E-state index is 6.01. The van der Waals surface area contributed by atoms with Crippen molar-refractivity contribution in [3.05, 3.63) is 23.9 Å². The molecule has 1 aliphatic rings. The van der Waals surface area contributed by atoms with Crippen LogP contribution in [-0.4, -0.2) is 30.8 Å². The Kier molecular flexibility index (Phi) is 5.61. The van der Waals surface area contributed by atoms with E-state index in [1.165, 1.54) is 0 Å². The van der Waals surface area contributed by atoms with Gasteiger partial charge in [-0.05, 0) is 18.5 Å². The van der Waals surface area contributed by atoms with E-state index in [1.54, 1.807) is 6.20 Å². The summed E-state index contributed by atoms with van der Waals surface area (Å²) in [7, 11) is 0. The molecule has 0 atom stereocenters. The topological polar surface area (TPSA) is 43.4 Å². The fourth-order valence-electron chi connectivity index (χ4n) is 2.11. The third-order valence-corrected chi connectivity index (χ3v) is 3.16. The number of aromatic nitrogens is 1. The van der Waals surface area contributed by atoms with E-state index < -0.39 is 0 Å². The Morgan fingerprint density at radius 2 is 2.21 bits per heavy atom. The van der Waals surface area contributed by atoms with Crippen molar-refractivity contribution < 1.29 is 9.47 Å². The molecule has 2 heterocycles. The average molecular weight is 264 g/mol. The van der Waals surface area contributed by atoms with Gasteiger partial charge in [0, 0.05) is 31.1 Å². The Balaban J connectivity index is 1.91. The molecular weight excluding hydrogens is 240 g/mol. The molecule has 106 valence electrons. The third kappa shape index (κ3) is 4.80. The predicted molar refractivity (Wildman–Crippen MR) is 75.3 cm³/mol. The zero-order valence-electron chi connectivity index (χ0n) is 11.9. The summed E-state index contributed by atoms with van der Waals surface area (Å²) in [6.45, 7) is 7.80. The van der Waals surface area contributed by atoms with Crippen LogP contribution in [0.25, 0.3) is 0 Å². The van der Waals surface area contributed by atoms with Crippen LogP contribution in [0.2, 0.25) is 0 Å². The molecule has 2 rings (SSSR count). The number of hydrogen-bond acceptors (Lipinski definition) is 4. The Morgan fingerprint density at radius 3 is 2.95 bits per heavy atom. The fraction of sp³-hybridized carbons (Fsp3) is 0.667. The van der Waals surface area contributed by atoms with Crippen molar-refractivity contribution in [2.45, 2.75) is 39.3 Å². The number of ether oxygens (including phenoxy) is 2. The monoisotopic (exact) mass is 264 g/mol. The number of hydrogen-bond donors (Lipinski definition) is 1. The predicted octanol–water partition coefficient (Wildman–Crippen LogP) is 2.39. The first-order chi connectivity index (χ1) is 9.25. The molecule has 0 aliphatic carbocycles. The van der Waals surface area contributed by atoms with Crippen molar-refractivity contribution in [3.8, 4) is 5.88 Å². The molecular formula is C15H24N2O2. The lowest BCUT2D eigenvalue weighted by atomic mass is 10.1. The van der Waals surface area contributed by atoms with Gasteiger partial charge in [-0.3, -0.25) is 0 Å². The first kappa shape index (κ1) is 14.3. The van der Waals surface area contributed by atoms with Crippen molar-refractivity contribution in [1.82, 2.24) is 10.3 Å². The number of nitrogens with one attached hydrogen (secondary N) is 1. The highest BCUT2D eigenvalue weighted by molar-refractivity contribution is 5.25. The minimum Gasteiger partial charge on any atom is -0.474 e. The molecule has 0 aromatic carbocycles. The standard InChI is InChI=1S/C15H24N2O2/c1-12(2)10-16-11-13-4-3-7-17-15(13)19-14-5-8-18-9-6-14/h3-4,7,12,14,16H,5-6,8-11H2,1-2H3. The van der Waals surface area contributed by atoms with Crippen LogP contribution in [0.4, 0.5) is 0 Å². The van der Waals surface area contributed by atoms with E-state index in [9.17, 15) is 0 Å². The van der Waals surface area contributed by atoms with E-state index in [1.807, 2.05) is 6.07 Å². The van der Waals surface area contributed by atoms with Crippen LogP contribution in [0, 0.1) is 5.92 Å². The Labute approximate surface area is 115 Å². The van der Waals surface area contributed by atoms with Gasteiger partial charge in [0.25, 0.3) is 0 Å². The molecule has 4 nitrogen and oxygen atoms in total. The highest BCUT2D eigenvalue weighted by Gasteiger charge is 2.17. The van der Waals surface area contributed by atoms with E-state index in [0.717, 1.165) is 50.6 Å². The summed E-state index contributed by atoms with van der Waals surface area (Å²) in [6.07, 6.45) is 3.94. The van der Waals surface area contributed by atoms with Crippen LogP contribution in [0.5, 0.6) is 5.88 Å². The van der Waals surface area contributed by atoms with Crippen LogP contribution in [-0.2, 0) is 11.3 Å². The van der Waals surface area contributed by atoms with Gasteiger partial charge in [-0.25, -0.2) is 4.98 Å². The SMILES string of the molecule is CC(C)CNCc1cccnc1OC1CCOCC1. The maximum Gasteiger partial charge on any atom is 0.218 e. The van der Waals surface area contributed by atoms with E-state index in [-0.39, 0.29) is 6.10 Å². The molecule has 0 amide bonds. The molecule has 1 aliphatic heterocycles. The fourth-order valence-corrected chi connectivity index (χ4v) is 2.11. The van der Waals surface area contributed by atoms with Gasteiger partial charge in [0.05, 0.1) is 13.2 Å². The van der Waals surface area contributed by atoms with E-state index in [0.29, 0.717) is 5.92 Å². The summed E-state index contributed by atoms with van der Waals surface area (Å²) < 4.78 is 11.4. The summed E-state index contributed by atoms with van der Waals surface area (Å²) in [5, 5.41) is 3.43. The molecule has 19 heavy (non-hydrogen) atoms. The molecule has 1 N–H and O–H groups in total. The number of rotatable bonds is 6. The van der Waals surface area contributed by atoms with Gasteiger partial charge in [-0.1, -0.05) is 19.9 Å². The molecule has 4 heteroatoms. The Morgan fingerprint density at radius 1 is 1.42 bits per heavy atom. The maximum absolute atomic E-state index is 6.01. The largest absolute Gasteiger partial charge is 0.474 e. The second kappa shape index (κ2) is 7.46. The van der Waals surface area contributed by atoms with Gasteiger partial charge in [0.1, 0.15) is 6.10 Å². The smallest absolute Gasteiger partial charge is 0.218 e. The van der Waals surface area contributed by atoms with Crippen LogP contribution >= 0.6 is 0 Å². The summed E-state index contributed by atoms with van der Waals surface area (Å²) in [4.78, 5) is 4.37. The number of pyridine rings is 1. The average Bonchev–Trinajstić information content (AvgIpc) is 2.41. The van der Waals surface area contributed by atoms with Crippen LogP contribution in [0.3, 0.4) is 0 Å². The molecule has 0 unspecified atom stereocenters. The molecule has 1 fully saturated rings. The zero-order valence-corrected chi connectivity index (χ0v) is 11.9. The first-order valence-corrected chi connectivity index (χ1v) is 7.14. The molecule has 0 spiro atoms. The lowest BCUT2D eigenvalue weighted by Gasteiger charge is -2.23. The van der Waals surface area contributed by atoms with Crippen LogP contribution in [0.1, 0.15) is 32.3 Å². The molecule has 1 aromatic heterocycles. The second-order valence-electron chi connectivity index (χ2n) is 5.42. The van der Waals surface area contributed by atoms with Gasteiger partial charge in [0.2, 0.25) is 5.88 Å². The highest BCUT2D eigenvalue weighted by Crippen LogP contribution is 2.19. The lowest BCUT2D eigenvalue weighted by Crippen LogP contribution is -2.27. The third-order valence-electron chi connectivity index (χ3n) is 3.16. The van der Waals surface area contributed by atoms with Crippen LogP contribution < -0.4 is 10.1 Å². The zero-order chi connectivity index (χ0) is 13.5. The van der Waals surface area contributed by atoms with Crippen molar-refractivity contribution in [2.75, 3.05) is 19.8 Å². The number of nitrogens with zero attached hydrogens (tertiary/aromatic N) is 1. The van der Waals surface area contributed by atoms with Crippen molar-refractivity contribution >= 4 is 0 Å². The summed E-state index contributed by atoms with van der Waals surface area (Å²) in [6, 6.07) is 4.04. The Bertz CT molecular complexity index is 376. The normalized spacial score (nSPS) is 16.8. The van der Waals surface area contributed by atoms with Gasteiger partial charge in [0.15, 0.2) is 0 Å². The van der Waals surface area contributed by atoms with Crippen molar-refractivity contribution in [3.63, 3.8) is 0 Å². The quantitative estimate of drug-likeness (QED) is 0.856. The first-order valence-electron chi connectivity index (χ1n) is 7.14. The van der Waals surface area contributed by atoms with Gasteiger partial charge >= 0.3 is 0 Å². The second-order valence-corrected chi connectivity index (χ2v) is 5.42. The van der Waals surface area contributed by atoms with E-state index >= 15 is 0 Å². The molecule has 1 saturated heterocycles. The minimum absolute atomic E-state index is 0.243. The van der Waals surface area contributed by atoms with Crippen LogP contribution in [0.15, 0.2) is 18.3 Å². The Hall–Kier alpha value is -1.13.